The molecule has 1 amide bonds. The lowest BCUT2D eigenvalue weighted by Crippen LogP contribution is -2.40. The zero-order valence-electron chi connectivity index (χ0n) is 10.8. The lowest BCUT2D eigenvalue weighted by atomic mass is 9.95. The Morgan fingerprint density at radius 1 is 1.35 bits per heavy atom. The first-order valence-electron chi connectivity index (χ1n) is 6.52. The maximum Gasteiger partial charge on any atom is 0.256 e. The number of carbonyl (C=O) groups is 1. The van der Waals surface area contributed by atoms with Crippen LogP contribution in [0.25, 0.3) is 0 Å². The molecule has 1 aliphatic heterocycles. The van der Waals surface area contributed by atoms with Gasteiger partial charge in [-0.1, -0.05) is 11.6 Å². The van der Waals surface area contributed by atoms with Crippen molar-refractivity contribution in [2.24, 2.45) is 5.92 Å². The Labute approximate surface area is 126 Å². The SMILES string of the molecule is O=C(c1cc(F)c(Cl)cc1F)N1CCCC(CCCl)C1. The molecule has 2 rings (SSSR count). The third-order valence-corrected chi connectivity index (χ3v) is 4.07. The molecule has 1 atom stereocenters. The zero-order chi connectivity index (χ0) is 14.7. The third-order valence-electron chi connectivity index (χ3n) is 3.56. The van der Waals surface area contributed by atoms with Crippen LogP contribution in [0.4, 0.5) is 8.78 Å². The molecule has 2 nitrogen and oxygen atoms in total. The molecule has 0 spiro atoms. The number of piperidine rings is 1. The molecule has 1 heterocycles. The zero-order valence-corrected chi connectivity index (χ0v) is 12.4. The van der Waals surface area contributed by atoms with Crippen molar-refractivity contribution in [1.29, 1.82) is 0 Å². The summed E-state index contributed by atoms with van der Waals surface area (Å²) in [5.74, 6) is -1.20. The van der Waals surface area contributed by atoms with E-state index < -0.39 is 17.5 Å². The van der Waals surface area contributed by atoms with Gasteiger partial charge in [0.25, 0.3) is 5.91 Å². The van der Waals surface area contributed by atoms with Gasteiger partial charge in [0.15, 0.2) is 0 Å². The minimum absolute atomic E-state index is 0.265. The first-order valence-corrected chi connectivity index (χ1v) is 7.44. The van der Waals surface area contributed by atoms with E-state index in [-0.39, 0.29) is 10.6 Å². The summed E-state index contributed by atoms with van der Waals surface area (Å²) in [7, 11) is 0. The van der Waals surface area contributed by atoms with E-state index >= 15 is 0 Å². The van der Waals surface area contributed by atoms with Crippen LogP contribution >= 0.6 is 23.2 Å². The third kappa shape index (κ3) is 3.41. The van der Waals surface area contributed by atoms with Gasteiger partial charge < -0.3 is 4.90 Å². The van der Waals surface area contributed by atoms with Crippen molar-refractivity contribution in [3.63, 3.8) is 0 Å². The highest BCUT2D eigenvalue weighted by Gasteiger charge is 2.26. The summed E-state index contributed by atoms with van der Waals surface area (Å²) >= 11 is 11.2. The quantitative estimate of drug-likeness (QED) is 0.606. The summed E-state index contributed by atoms with van der Waals surface area (Å²) in [6, 6.07) is 1.70. The van der Waals surface area contributed by atoms with Crippen molar-refractivity contribution in [2.45, 2.75) is 19.3 Å². The van der Waals surface area contributed by atoms with E-state index in [4.69, 9.17) is 23.2 Å². The van der Waals surface area contributed by atoms with Crippen LogP contribution in [-0.4, -0.2) is 29.8 Å². The Kier molecular flexibility index (Phi) is 5.22. The second-order valence-electron chi connectivity index (χ2n) is 4.98. The number of nitrogens with zero attached hydrogens (tertiary/aromatic N) is 1. The topological polar surface area (TPSA) is 20.3 Å². The van der Waals surface area contributed by atoms with Crippen LogP contribution < -0.4 is 0 Å². The molecule has 0 radical (unpaired) electrons. The summed E-state index contributed by atoms with van der Waals surface area (Å²) in [6.07, 6.45) is 2.68. The van der Waals surface area contributed by atoms with E-state index in [1.165, 1.54) is 0 Å². The Balaban J connectivity index is 2.16. The Morgan fingerprint density at radius 2 is 2.10 bits per heavy atom. The van der Waals surface area contributed by atoms with E-state index in [1.54, 1.807) is 4.90 Å². The van der Waals surface area contributed by atoms with Gasteiger partial charge in [0, 0.05) is 19.0 Å². The van der Waals surface area contributed by atoms with Crippen LogP contribution in [0.2, 0.25) is 5.02 Å². The monoisotopic (exact) mass is 321 g/mol. The Morgan fingerprint density at radius 3 is 2.80 bits per heavy atom. The summed E-state index contributed by atoms with van der Waals surface area (Å²) < 4.78 is 27.2. The van der Waals surface area contributed by atoms with Crippen LogP contribution in [0.15, 0.2) is 12.1 Å². The molecule has 1 aromatic carbocycles. The van der Waals surface area contributed by atoms with E-state index in [0.29, 0.717) is 24.9 Å². The number of hydrogen-bond donors (Lipinski definition) is 0. The molecule has 1 saturated heterocycles. The van der Waals surface area contributed by atoms with Crippen LogP contribution in [0.5, 0.6) is 0 Å². The maximum atomic E-state index is 13.8. The molecular weight excluding hydrogens is 307 g/mol. The summed E-state index contributed by atoms with van der Waals surface area (Å²) in [6.45, 7) is 1.09. The Hall–Kier alpha value is -0.870. The van der Waals surface area contributed by atoms with Gasteiger partial charge in [-0.15, -0.1) is 11.6 Å². The van der Waals surface area contributed by atoms with Crippen molar-refractivity contribution in [3.05, 3.63) is 34.4 Å². The van der Waals surface area contributed by atoms with Crippen molar-refractivity contribution in [1.82, 2.24) is 4.90 Å². The van der Waals surface area contributed by atoms with Crippen LogP contribution in [-0.2, 0) is 0 Å². The number of rotatable bonds is 3. The second kappa shape index (κ2) is 6.72. The Bertz CT molecular complexity index is 508. The van der Waals surface area contributed by atoms with Gasteiger partial charge in [0.2, 0.25) is 0 Å². The molecule has 0 N–H and O–H groups in total. The van der Waals surface area contributed by atoms with Crippen molar-refractivity contribution < 1.29 is 13.6 Å². The number of benzene rings is 1. The fourth-order valence-corrected chi connectivity index (χ4v) is 2.96. The van der Waals surface area contributed by atoms with Gasteiger partial charge in [-0.2, -0.15) is 0 Å². The minimum Gasteiger partial charge on any atom is -0.338 e. The number of carbonyl (C=O) groups excluding carboxylic acids is 1. The van der Waals surface area contributed by atoms with Gasteiger partial charge in [-0.05, 0) is 37.3 Å². The number of halogens is 4. The fourth-order valence-electron chi connectivity index (χ4n) is 2.50. The molecule has 1 aliphatic rings. The van der Waals surface area contributed by atoms with Gasteiger partial charge in [0.1, 0.15) is 11.6 Å². The molecule has 6 heteroatoms. The molecule has 1 aromatic rings. The first-order chi connectivity index (χ1) is 9.52. The van der Waals surface area contributed by atoms with Crippen LogP contribution in [0.1, 0.15) is 29.6 Å². The lowest BCUT2D eigenvalue weighted by molar-refractivity contribution is 0.0666. The molecule has 0 aliphatic carbocycles. The number of likely N-dealkylation sites (tertiary alicyclic amines) is 1. The van der Waals surface area contributed by atoms with Crippen molar-refractivity contribution >= 4 is 29.1 Å². The molecule has 1 unspecified atom stereocenters. The van der Waals surface area contributed by atoms with Crippen molar-refractivity contribution in [3.8, 4) is 0 Å². The normalized spacial score (nSPS) is 19.2. The summed E-state index contributed by atoms with van der Waals surface area (Å²) in [5, 5.41) is -0.322. The van der Waals surface area contributed by atoms with E-state index in [0.717, 1.165) is 31.4 Å². The smallest absolute Gasteiger partial charge is 0.256 e. The number of amides is 1. The highest BCUT2D eigenvalue weighted by molar-refractivity contribution is 6.30. The minimum atomic E-state index is -0.791. The standard InChI is InChI=1S/C14H15Cl2F2NO/c15-4-3-9-2-1-5-19(8-9)14(20)10-6-13(18)11(16)7-12(10)17/h6-7,9H,1-5,8H2. The molecule has 20 heavy (non-hydrogen) atoms. The molecule has 0 aromatic heterocycles. The van der Waals surface area contributed by atoms with Gasteiger partial charge >= 0.3 is 0 Å². The van der Waals surface area contributed by atoms with Crippen LogP contribution in [0, 0.1) is 17.6 Å². The van der Waals surface area contributed by atoms with Crippen molar-refractivity contribution in [2.75, 3.05) is 19.0 Å². The average molecular weight is 322 g/mol. The predicted octanol–water partition coefficient (Wildman–Crippen LogP) is 4.10. The predicted molar refractivity (Wildman–Crippen MR) is 75.3 cm³/mol. The van der Waals surface area contributed by atoms with Crippen LogP contribution in [0.3, 0.4) is 0 Å². The van der Waals surface area contributed by atoms with Gasteiger partial charge in [0.05, 0.1) is 10.6 Å². The summed E-state index contributed by atoms with van der Waals surface area (Å²) in [4.78, 5) is 13.8. The average Bonchev–Trinajstić information content (AvgIpc) is 2.43. The summed E-state index contributed by atoms with van der Waals surface area (Å²) in [5.41, 5.74) is -0.265. The molecule has 0 bridgehead atoms. The van der Waals surface area contributed by atoms with Gasteiger partial charge in [-0.3, -0.25) is 4.79 Å². The molecule has 110 valence electrons. The highest BCUT2D eigenvalue weighted by Crippen LogP contribution is 2.24. The second-order valence-corrected chi connectivity index (χ2v) is 5.77. The fraction of sp³-hybridized carbons (Fsp3) is 0.500. The lowest BCUT2D eigenvalue weighted by Gasteiger charge is -2.32. The molecule has 0 saturated carbocycles. The van der Waals surface area contributed by atoms with E-state index in [2.05, 4.69) is 0 Å². The largest absolute Gasteiger partial charge is 0.338 e. The van der Waals surface area contributed by atoms with E-state index in [1.807, 2.05) is 0 Å². The van der Waals surface area contributed by atoms with E-state index in [9.17, 15) is 13.6 Å². The van der Waals surface area contributed by atoms with Gasteiger partial charge in [-0.25, -0.2) is 8.78 Å². The highest BCUT2D eigenvalue weighted by atomic mass is 35.5. The molecular formula is C14H15Cl2F2NO. The number of hydrogen-bond acceptors (Lipinski definition) is 1. The molecule has 1 fully saturated rings. The first kappa shape index (κ1) is 15.5. The maximum absolute atomic E-state index is 13.8. The number of alkyl halides is 1.